The number of fused-ring (bicyclic) bond motifs is 1. The summed E-state index contributed by atoms with van der Waals surface area (Å²) in [7, 11) is 0. The van der Waals surface area contributed by atoms with E-state index in [2.05, 4.69) is 5.32 Å². The van der Waals surface area contributed by atoms with Crippen LogP contribution in [0.4, 0.5) is 10.1 Å². The summed E-state index contributed by atoms with van der Waals surface area (Å²) in [5, 5.41) is 4.21. The SMILES string of the molecule is O=C1NC(=S)N(c2cccc(F)c2)C(=O)/C1=C/c1cn(Cc2ccc(Cl)c(Cl)c2)c2ccccc12. The van der Waals surface area contributed by atoms with Gasteiger partial charge in [-0.15, -0.1) is 0 Å². The fourth-order valence-corrected chi connectivity index (χ4v) is 4.62. The summed E-state index contributed by atoms with van der Waals surface area (Å²) in [6.07, 6.45) is 3.39. The fraction of sp³-hybridized carbons (Fsp3) is 0.0385. The lowest BCUT2D eigenvalue weighted by Crippen LogP contribution is -2.54. The van der Waals surface area contributed by atoms with Gasteiger partial charge >= 0.3 is 0 Å². The van der Waals surface area contributed by atoms with Crippen LogP contribution in [0.1, 0.15) is 11.1 Å². The Bertz CT molecular complexity index is 1560. The van der Waals surface area contributed by atoms with Gasteiger partial charge in [0, 0.05) is 29.2 Å². The highest BCUT2D eigenvalue weighted by Crippen LogP contribution is 2.29. The van der Waals surface area contributed by atoms with Gasteiger partial charge in [0.25, 0.3) is 11.8 Å². The molecule has 0 radical (unpaired) electrons. The van der Waals surface area contributed by atoms with Gasteiger partial charge in [-0.25, -0.2) is 4.39 Å². The van der Waals surface area contributed by atoms with Gasteiger partial charge < -0.3 is 4.57 Å². The normalized spacial score (nSPS) is 15.2. The summed E-state index contributed by atoms with van der Waals surface area (Å²) in [4.78, 5) is 27.2. The minimum absolute atomic E-state index is 0.107. The number of thiocarbonyl (C=S) groups is 1. The third kappa shape index (κ3) is 4.46. The molecule has 9 heteroatoms. The number of para-hydroxylation sites is 1. The molecule has 1 aromatic heterocycles. The maximum atomic E-state index is 13.8. The lowest BCUT2D eigenvalue weighted by atomic mass is 10.1. The van der Waals surface area contributed by atoms with E-state index in [0.717, 1.165) is 21.4 Å². The summed E-state index contributed by atoms with van der Waals surface area (Å²) in [5.41, 5.74) is 2.64. The molecule has 0 spiro atoms. The van der Waals surface area contributed by atoms with Gasteiger partial charge in [-0.3, -0.25) is 19.8 Å². The van der Waals surface area contributed by atoms with E-state index in [9.17, 15) is 14.0 Å². The molecule has 35 heavy (non-hydrogen) atoms. The Morgan fingerprint density at radius 2 is 1.77 bits per heavy atom. The summed E-state index contributed by atoms with van der Waals surface area (Å²) in [5.74, 6) is -1.77. The number of rotatable bonds is 4. The minimum Gasteiger partial charge on any atom is -0.342 e. The highest BCUT2D eigenvalue weighted by Gasteiger charge is 2.34. The van der Waals surface area contributed by atoms with Crippen LogP contribution in [0, 0.1) is 5.82 Å². The van der Waals surface area contributed by atoms with E-state index < -0.39 is 17.6 Å². The quantitative estimate of drug-likeness (QED) is 0.204. The standard InChI is InChI=1S/C26H16Cl2FN3O2S/c27-21-9-8-15(10-22(21)28)13-31-14-16(19-6-1-2-7-23(19)31)11-20-24(33)30-26(35)32(25(20)34)18-5-3-4-17(29)12-18/h1-12,14H,13H2,(H,30,33,35)/b20-11+. The topological polar surface area (TPSA) is 54.3 Å². The van der Waals surface area contributed by atoms with Crippen molar-refractivity contribution in [1.82, 2.24) is 9.88 Å². The number of carbonyl (C=O) groups excluding carboxylic acids is 2. The Kier molecular flexibility index (Phi) is 6.15. The maximum Gasteiger partial charge on any atom is 0.270 e. The molecule has 0 saturated carbocycles. The van der Waals surface area contributed by atoms with Gasteiger partial charge in [-0.1, -0.05) is 53.5 Å². The van der Waals surface area contributed by atoms with E-state index in [0.29, 0.717) is 22.2 Å². The second kappa shape index (κ2) is 9.26. The summed E-state index contributed by atoms with van der Waals surface area (Å²) >= 11 is 17.4. The van der Waals surface area contributed by atoms with Crippen molar-refractivity contribution in [2.75, 3.05) is 4.90 Å². The third-order valence-electron chi connectivity index (χ3n) is 5.62. The molecule has 2 amide bonds. The lowest BCUT2D eigenvalue weighted by molar-refractivity contribution is -0.122. The van der Waals surface area contributed by atoms with Crippen LogP contribution in [0.2, 0.25) is 10.0 Å². The molecule has 0 aliphatic carbocycles. The lowest BCUT2D eigenvalue weighted by Gasteiger charge is -2.28. The van der Waals surface area contributed by atoms with E-state index in [-0.39, 0.29) is 16.4 Å². The molecule has 3 aromatic carbocycles. The second-order valence-corrected chi connectivity index (χ2v) is 9.12. The zero-order chi connectivity index (χ0) is 24.7. The Labute approximate surface area is 215 Å². The number of halogens is 3. The number of benzene rings is 3. The molecule has 5 nitrogen and oxygen atoms in total. The molecule has 1 N–H and O–H groups in total. The molecule has 2 heterocycles. The van der Waals surface area contributed by atoms with Crippen molar-refractivity contribution < 1.29 is 14.0 Å². The van der Waals surface area contributed by atoms with Crippen molar-refractivity contribution >= 4 is 75.0 Å². The van der Waals surface area contributed by atoms with Crippen molar-refractivity contribution in [2.45, 2.75) is 6.54 Å². The first-order chi connectivity index (χ1) is 16.8. The number of aromatic nitrogens is 1. The van der Waals surface area contributed by atoms with E-state index in [1.165, 1.54) is 24.3 Å². The first kappa shape index (κ1) is 23.2. The van der Waals surface area contributed by atoms with Crippen LogP contribution in [-0.2, 0) is 16.1 Å². The largest absolute Gasteiger partial charge is 0.342 e. The van der Waals surface area contributed by atoms with Gasteiger partial charge in [0.05, 0.1) is 15.7 Å². The fourth-order valence-electron chi connectivity index (χ4n) is 4.02. The van der Waals surface area contributed by atoms with Crippen molar-refractivity contribution in [3.63, 3.8) is 0 Å². The van der Waals surface area contributed by atoms with Gasteiger partial charge in [0.15, 0.2) is 5.11 Å². The predicted octanol–water partition coefficient (Wildman–Crippen LogP) is 5.97. The number of hydrogen-bond donors (Lipinski definition) is 1. The molecule has 1 fully saturated rings. The molecular weight excluding hydrogens is 508 g/mol. The van der Waals surface area contributed by atoms with Crippen LogP contribution in [-0.4, -0.2) is 21.5 Å². The number of amides is 2. The smallest absolute Gasteiger partial charge is 0.270 e. The van der Waals surface area contributed by atoms with Crippen LogP contribution >= 0.6 is 35.4 Å². The third-order valence-corrected chi connectivity index (χ3v) is 6.65. The van der Waals surface area contributed by atoms with Crippen LogP contribution < -0.4 is 10.2 Å². The Hall–Kier alpha value is -3.52. The van der Waals surface area contributed by atoms with Crippen LogP contribution in [0.5, 0.6) is 0 Å². The van der Waals surface area contributed by atoms with E-state index in [4.69, 9.17) is 35.4 Å². The number of nitrogens with one attached hydrogen (secondary N) is 1. The molecule has 0 atom stereocenters. The Morgan fingerprint density at radius 1 is 0.971 bits per heavy atom. The summed E-state index contributed by atoms with van der Waals surface area (Å²) in [6, 6.07) is 18.5. The average Bonchev–Trinajstić information content (AvgIpc) is 3.16. The van der Waals surface area contributed by atoms with Gasteiger partial charge in [-0.05, 0) is 60.3 Å². The zero-order valence-corrected chi connectivity index (χ0v) is 20.3. The molecule has 174 valence electrons. The Morgan fingerprint density at radius 3 is 2.54 bits per heavy atom. The number of nitrogens with zero attached hydrogens (tertiary/aromatic N) is 2. The molecule has 0 unspecified atom stereocenters. The maximum absolute atomic E-state index is 13.8. The van der Waals surface area contributed by atoms with Gasteiger partial charge in [0.1, 0.15) is 11.4 Å². The molecule has 1 saturated heterocycles. The van der Waals surface area contributed by atoms with E-state index in [1.54, 1.807) is 18.2 Å². The summed E-state index contributed by atoms with van der Waals surface area (Å²) < 4.78 is 15.8. The van der Waals surface area contributed by atoms with E-state index >= 15 is 0 Å². The number of carbonyl (C=O) groups is 2. The number of hydrogen-bond acceptors (Lipinski definition) is 3. The average molecular weight is 524 g/mol. The predicted molar refractivity (Wildman–Crippen MR) is 140 cm³/mol. The summed E-state index contributed by atoms with van der Waals surface area (Å²) in [6.45, 7) is 0.500. The minimum atomic E-state index is -0.634. The van der Waals surface area contributed by atoms with Gasteiger partial charge in [0.2, 0.25) is 0 Å². The highest BCUT2D eigenvalue weighted by atomic mass is 35.5. The molecule has 4 aromatic rings. The highest BCUT2D eigenvalue weighted by molar-refractivity contribution is 7.80. The van der Waals surface area contributed by atoms with Crippen LogP contribution in [0.15, 0.2) is 78.5 Å². The van der Waals surface area contributed by atoms with Crippen LogP contribution in [0.3, 0.4) is 0 Å². The van der Waals surface area contributed by atoms with Crippen molar-refractivity contribution in [3.05, 3.63) is 105 Å². The second-order valence-electron chi connectivity index (χ2n) is 7.92. The molecule has 1 aliphatic rings. The van der Waals surface area contributed by atoms with Crippen molar-refractivity contribution in [1.29, 1.82) is 0 Å². The molecular formula is C26H16Cl2FN3O2S. The molecule has 0 bridgehead atoms. The van der Waals surface area contributed by atoms with Gasteiger partial charge in [-0.2, -0.15) is 0 Å². The molecule has 5 rings (SSSR count). The van der Waals surface area contributed by atoms with Crippen LogP contribution in [0.25, 0.3) is 17.0 Å². The van der Waals surface area contributed by atoms with Crippen molar-refractivity contribution in [2.24, 2.45) is 0 Å². The monoisotopic (exact) mass is 523 g/mol. The Balaban J connectivity index is 1.57. The first-order valence-corrected chi connectivity index (χ1v) is 11.7. The van der Waals surface area contributed by atoms with Crippen molar-refractivity contribution in [3.8, 4) is 0 Å². The zero-order valence-electron chi connectivity index (χ0n) is 18.0. The molecule has 1 aliphatic heterocycles. The van der Waals surface area contributed by atoms with E-state index in [1.807, 2.05) is 41.1 Å². The first-order valence-electron chi connectivity index (χ1n) is 10.5. The number of anilines is 1.